The van der Waals surface area contributed by atoms with Crippen LogP contribution in [-0.2, 0) is 19.4 Å². The summed E-state index contributed by atoms with van der Waals surface area (Å²) in [6, 6.07) is -0.183. The van der Waals surface area contributed by atoms with Crippen LogP contribution in [0.2, 0.25) is 0 Å². The molecule has 0 bridgehead atoms. The van der Waals surface area contributed by atoms with E-state index in [9.17, 15) is 18.0 Å². The molecule has 0 aromatic heterocycles. The molecule has 1 atom stereocenters. The standard InChI is InChI=1S/C18H32N2O4S/c1-3-4-5-11-19-17(21)14-6-8-15(9-7-14)18(22)20(2)16-10-12-25(23,24)13-16/h14-16H,3-13H2,1-2H3,(H,19,21). The van der Waals surface area contributed by atoms with Crippen molar-refractivity contribution in [2.75, 3.05) is 25.1 Å². The third-order valence-corrected chi connectivity index (χ3v) is 7.38. The number of amides is 2. The van der Waals surface area contributed by atoms with Gasteiger partial charge < -0.3 is 10.2 Å². The van der Waals surface area contributed by atoms with Gasteiger partial charge in [0.2, 0.25) is 11.8 Å². The number of unbranched alkanes of at least 4 members (excludes halogenated alkanes) is 2. The molecule has 1 aliphatic heterocycles. The summed E-state index contributed by atoms with van der Waals surface area (Å²) in [6.45, 7) is 2.88. The second-order valence-corrected chi connectivity index (χ2v) is 9.78. The number of sulfone groups is 1. The number of carbonyl (C=O) groups is 2. The quantitative estimate of drug-likeness (QED) is 0.690. The summed E-state index contributed by atoms with van der Waals surface area (Å²) in [5, 5.41) is 3.01. The zero-order valence-corrected chi connectivity index (χ0v) is 16.3. The molecule has 6 nitrogen and oxygen atoms in total. The van der Waals surface area contributed by atoms with Gasteiger partial charge in [-0.05, 0) is 38.5 Å². The number of hydrogen-bond acceptors (Lipinski definition) is 4. The van der Waals surface area contributed by atoms with Crippen molar-refractivity contribution in [3.63, 3.8) is 0 Å². The number of nitrogens with zero attached hydrogens (tertiary/aromatic N) is 1. The minimum absolute atomic E-state index is 0.0165. The summed E-state index contributed by atoms with van der Waals surface area (Å²) >= 11 is 0. The Labute approximate surface area is 151 Å². The van der Waals surface area contributed by atoms with Crippen molar-refractivity contribution in [1.82, 2.24) is 10.2 Å². The van der Waals surface area contributed by atoms with Gasteiger partial charge in [0.1, 0.15) is 0 Å². The van der Waals surface area contributed by atoms with E-state index >= 15 is 0 Å². The van der Waals surface area contributed by atoms with Gasteiger partial charge in [-0.1, -0.05) is 19.8 Å². The van der Waals surface area contributed by atoms with Crippen LogP contribution in [0, 0.1) is 11.8 Å². The molecular formula is C18H32N2O4S. The molecule has 0 radical (unpaired) electrons. The smallest absolute Gasteiger partial charge is 0.225 e. The van der Waals surface area contributed by atoms with Gasteiger partial charge in [-0.25, -0.2) is 8.42 Å². The summed E-state index contributed by atoms with van der Waals surface area (Å²) in [7, 11) is -1.26. The summed E-state index contributed by atoms with van der Waals surface area (Å²) in [6.07, 6.45) is 6.75. The van der Waals surface area contributed by atoms with E-state index in [1.54, 1.807) is 11.9 Å². The lowest BCUT2D eigenvalue weighted by atomic mass is 9.80. The molecule has 2 aliphatic rings. The minimum atomic E-state index is -2.98. The molecule has 25 heavy (non-hydrogen) atoms. The van der Waals surface area contributed by atoms with Crippen molar-refractivity contribution >= 4 is 21.7 Å². The van der Waals surface area contributed by atoms with Crippen molar-refractivity contribution in [3.8, 4) is 0 Å². The molecule has 1 saturated heterocycles. The van der Waals surface area contributed by atoms with Crippen LogP contribution in [0.25, 0.3) is 0 Å². The predicted molar refractivity (Wildman–Crippen MR) is 97.8 cm³/mol. The topological polar surface area (TPSA) is 83.6 Å². The van der Waals surface area contributed by atoms with E-state index in [4.69, 9.17) is 0 Å². The second kappa shape index (κ2) is 9.01. The Morgan fingerprint density at radius 2 is 1.68 bits per heavy atom. The maximum atomic E-state index is 12.6. The van der Waals surface area contributed by atoms with Crippen LogP contribution in [0.5, 0.6) is 0 Å². The van der Waals surface area contributed by atoms with E-state index in [-0.39, 0.29) is 41.2 Å². The molecule has 2 amide bonds. The van der Waals surface area contributed by atoms with Gasteiger partial charge in [0.15, 0.2) is 9.84 Å². The molecule has 144 valence electrons. The molecule has 1 aliphatic carbocycles. The highest BCUT2D eigenvalue weighted by Gasteiger charge is 2.37. The first-order valence-corrected chi connectivity index (χ1v) is 11.4. The van der Waals surface area contributed by atoms with E-state index in [1.807, 2.05) is 0 Å². The van der Waals surface area contributed by atoms with Gasteiger partial charge in [0, 0.05) is 31.5 Å². The molecule has 0 spiro atoms. The lowest BCUT2D eigenvalue weighted by molar-refractivity contribution is -0.138. The maximum Gasteiger partial charge on any atom is 0.225 e. The van der Waals surface area contributed by atoms with Crippen LogP contribution >= 0.6 is 0 Å². The molecule has 1 heterocycles. The largest absolute Gasteiger partial charge is 0.356 e. The van der Waals surface area contributed by atoms with Crippen molar-refractivity contribution in [2.24, 2.45) is 11.8 Å². The molecule has 7 heteroatoms. The first kappa shape index (κ1) is 20.2. The SMILES string of the molecule is CCCCCNC(=O)C1CCC(C(=O)N(C)C2CCS(=O)(=O)C2)CC1. The van der Waals surface area contributed by atoms with E-state index < -0.39 is 9.84 Å². The molecule has 1 unspecified atom stereocenters. The normalized spacial score (nSPS) is 28.5. The maximum absolute atomic E-state index is 12.6. The highest BCUT2D eigenvalue weighted by molar-refractivity contribution is 7.91. The first-order valence-electron chi connectivity index (χ1n) is 9.59. The van der Waals surface area contributed by atoms with Crippen LogP contribution < -0.4 is 5.32 Å². The Kier molecular flexibility index (Phi) is 7.28. The molecule has 2 rings (SSSR count). The van der Waals surface area contributed by atoms with Crippen LogP contribution in [0.15, 0.2) is 0 Å². The van der Waals surface area contributed by atoms with E-state index in [0.717, 1.165) is 51.5 Å². The summed E-state index contributed by atoms with van der Waals surface area (Å²) in [4.78, 5) is 26.5. The van der Waals surface area contributed by atoms with Crippen LogP contribution in [0.3, 0.4) is 0 Å². The van der Waals surface area contributed by atoms with Gasteiger partial charge in [-0.2, -0.15) is 0 Å². The van der Waals surface area contributed by atoms with Gasteiger partial charge >= 0.3 is 0 Å². The summed E-state index contributed by atoms with van der Waals surface area (Å²) in [5.74, 6) is 0.381. The third-order valence-electron chi connectivity index (χ3n) is 5.63. The Bertz CT molecular complexity index is 568. The zero-order chi connectivity index (χ0) is 18.4. The van der Waals surface area contributed by atoms with Crippen LogP contribution in [-0.4, -0.2) is 56.3 Å². The van der Waals surface area contributed by atoms with Gasteiger partial charge in [-0.3, -0.25) is 9.59 Å². The highest BCUT2D eigenvalue weighted by Crippen LogP contribution is 2.31. The number of carbonyl (C=O) groups excluding carboxylic acids is 2. The number of nitrogens with one attached hydrogen (secondary N) is 1. The predicted octanol–water partition coefficient (Wildman–Crippen LogP) is 1.74. The Balaban J connectivity index is 1.75. The fraction of sp³-hybridized carbons (Fsp3) is 0.889. The summed E-state index contributed by atoms with van der Waals surface area (Å²) in [5.41, 5.74) is 0. The van der Waals surface area contributed by atoms with E-state index in [0.29, 0.717) is 6.42 Å². The average molecular weight is 373 g/mol. The van der Waals surface area contributed by atoms with Gasteiger partial charge in [0.05, 0.1) is 11.5 Å². The monoisotopic (exact) mass is 372 g/mol. The van der Waals surface area contributed by atoms with Crippen molar-refractivity contribution in [2.45, 2.75) is 64.3 Å². The molecule has 0 aromatic carbocycles. The lowest BCUT2D eigenvalue weighted by Gasteiger charge is -2.32. The Morgan fingerprint density at radius 1 is 1.04 bits per heavy atom. The summed E-state index contributed by atoms with van der Waals surface area (Å²) < 4.78 is 23.2. The fourth-order valence-electron chi connectivity index (χ4n) is 3.88. The minimum Gasteiger partial charge on any atom is -0.356 e. The molecule has 0 aromatic rings. The number of hydrogen-bond donors (Lipinski definition) is 1. The van der Waals surface area contributed by atoms with Crippen molar-refractivity contribution in [1.29, 1.82) is 0 Å². The van der Waals surface area contributed by atoms with Crippen LogP contribution in [0.1, 0.15) is 58.3 Å². The van der Waals surface area contributed by atoms with E-state index in [2.05, 4.69) is 12.2 Å². The van der Waals surface area contributed by atoms with E-state index in [1.165, 1.54) is 0 Å². The molecular weight excluding hydrogens is 340 g/mol. The number of rotatable bonds is 7. The Morgan fingerprint density at radius 3 is 2.24 bits per heavy atom. The van der Waals surface area contributed by atoms with Gasteiger partial charge in [-0.15, -0.1) is 0 Å². The highest BCUT2D eigenvalue weighted by atomic mass is 32.2. The Hall–Kier alpha value is -1.11. The third kappa shape index (κ3) is 5.69. The van der Waals surface area contributed by atoms with Gasteiger partial charge in [0.25, 0.3) is 0 Å². The molecule has 2 fully saturated rings. The molecule has 1 N–H and O–H groups in total. The van der Waals surface area contributed by atoms with Crippen molar-refractivity contribution < 1.29 is 18.0 Å². The van der Waals surface area contributed by atoms with Crippen molar-refractivity contribution in [3.05, 3.63) is 0 Å². The zero-order valence-electron chi connectivity index (χ0n) is 15.5. The first-order chi connectivity index (χ1) is 11.8. The second-order valence-electron chi connectivity index (χ2n) is 7.55. The average Bonchev–Trinajstić information content (AvgIpc) is 2.97. The fourth-order valence-corrected chi connectivity index (χ4v) is 5.66. The lowest BCUT2D eigenvalue weighted by Crippen LogP contribution is -2.43. The molecule has 1 saturated carbocycles. The van der Waals surface area contributed by atoms with Crippen LogP contribution in [0.4, 0.5) is 0 Å².